The van der Waals surface area contributed by atoms with Crippen LogP contribution < -0.4 is 0 Å². The summed E-state index contributed by atoms with van der Waals surface area (Å²) in [5.41, 5.74) is 1.23. The minimum absolute atomic E-state index is 0.0359. The molecular weight excluding hydrogens is 288 g/mol. The van der Waals surface area contributed by atoms with Crippen LogP contribution in [0.2, 0.25) is 0 Å². The van der Waals surface area contributed by atoms with Crippen molar-refractivity contribution in [3.8, 4) is 0 Å². The van der Waals surface area contributed by atoms with Crippen LogP contribution in [-0.4, -0.2) is 10.9 Å². The lowest BCUT2D eigenvalue weighted by molar-refractivity contribution is 0.103. The molecule has 0 radical (unpaired) electrons. The van der Waals surface area contributed by atoms with Crippen molar-refractivity contribution in [2.45, 2.75) is 6.10 Å². The van der Waals surface area contributed by atoms with Crippen molar-refractivity contribution in [2.75, 3.05) is 0 Å². The van der Waals surface area contributed by atoms with Crippen molar-refractivity contribution in [3.63, 3.8) is 0 Å². The summed E-state index contributed by atoms with van der Waals surface area (Å²) < 4.78 is 0. The number of carbonyl (C=O) groups is 1. The van der Waals surface area contributed by atoms with Crippen LogP contribution in [0, 0.1) is 0 Å². The molecule has 0 saturated heterocycles. The zero-order valence-electron chi connectivity index (χ0n) is 10.5. The number of hydrogen-bond acceptors (Lipinski definition) is 4. The van der Waals surface area contributed by atoms with Crippen LogP contribution in [0.5, 0.6) is 0 Å². The van der Waals surface area contributed by atoms with Crippen molar-refractivity contribution >= 4 is 28.5 Å². The second kappa shape index (κ2) is 5.71. The van der Waals surface area contributed by atoms with Crippen molar-refractivity contribution in [1.29, 1.82) is 0 Å². The fourth-order valence-corrected chi connectivity index (χ4v) is 3.49. The summed E-state index contributed by atoms with van der Waals surface area (Å²) in [6.45, 7) is 0. The van der Waals surface area contributed by atoms with E-state index < -0.39 is 6.10 Å². The lowest BCUT2D eigenvalue weighted by Crippen LogP contribution is -2.08. The Bertz CT molecular complexity index is 700. The summed E-state index contributed by atoms with van der Waals surface area (Å²) in [6.07, 6.45) is -0.755. The molecule has 2 nitrogen and oxygen atoms in total. The van der Waals surface area contributed by atoms with E-state index in [0.717, 1.165) is 4.88 Å². The average Bonchev–Trinajstić information content (AvgIpc) is 3.18. The molecule has 0 amide bonds. The maximum atomic E-state index is 12.5. The predicted molar refractivity (Wildman–Crippen MR) is 82.6 cm³/mol. The van der Waals surface area contributed by atoms with Gasteiger partial charge in [-0.3, -0.25) is 4.79 Å². The van der Waals surface area contributed by atoms with Crippen LogP contribution in [0.4, 0.5) is 0 Å². The highest BCUT2D eigenvalue weighted by atomic mass is 32.1. The molecule has 1 unspecified atom stereocenters. The van der Waals surface area contributed by atoms with E-state index in [1.165, 1.54) is 22.7 Å². The summed E-state index contributed by atoms with van der Waals surface area (Å²) >= 11 is 2.90. The van der Waals surface area contributed by atoms with Crippen molar-refractivity contribution in [3.05, 3.63) is 80.2 Å². The number of hydrogen-bond donors (Lipinski definition) is 1. The molecule has 0 spiro atoms. The van der Waals surface area contributed by atoms with E-state index in [-0.39, 0.29) is 5.78 Å². The summed E-state index contributed by atoms with van der Waals surface area (Å²) in [5.74, 6) is -0.0359. The van der Waals surface area contributed by atoms with Gasteiger partial charge in [0.15, 0.2) is 0 Å². The van der Waals surface area contributed by atoms with Gasteiger partial charge in [0, 0.05) is 10.4 Å². The molecule has 3 rings (SSSR count). The lowest BCUT2D eigenvalue weighted by Gasteiger charge is -2.13. The fourth-order valence-electron chi connectivity index (χ4n) is 2.08. The van der Waals surface area contributed by atoms with Gasteiger partial charge in [0.2, 0.25) is 5.78 Å². The van der Waals surface area contributed by atoms with Gasteiger partial charge in [-0.05, 0) is 28.5 Å². The van der Waals surface area contributed by atoms with Crippen LogP contribution in [0.15, 0.2) is 59.3 Å². The second-order valence-corrected chi connectivity index (χ2v) is 6.24. The highest BCUT2D eigenvalue weighted by Gasteiger charge is 2.20. The molecule has 4 heteroatoms. The minimum atomic E-state index is -0.755. The van der Waals surface area contributed by atoms with Gasteiger partial charge in [0.25, 0.3) is 0 Å². The number of carbonyl (C=O) groups excluding carboxylic acids is 1. The Labute approximate surface area is 125 Å². The Balaban J connectivity index is 2.03. The minimum Gasteiger partial charge on any atom is -0.383 e. The molecule has 0 aliphatic carbocycles. The molecule has 20 heavy (non-hydrogen) atoms. The highest BCUT2D eigenvalue weighted by Crippen LogP contribution is 2.29. The summed E-state index contributed by atoms with van der Waals surface area (Å²) in [5, 5.41) is 14.3. The number of aliphatic hydroxyl groups is 1. The van der Waals surface area contributed by atoms with Crippen molar-refractivity contribution < 1.29 is 9.90 Å². The molecule has 100 valence electrons. The van der Waals surface area contributed by atoms with Gasteiger partial charge in [0.05, 0.1) is 4.88 Å². The molecule has 2 aromatic heterocycles. The number of ketones is 1. The number of benzene rings is 1. The number of rotatable bonds is 4. The summed E-state index contributed by atoms with van der Waals surface area (Å²) in [7, 11) is 0. The Morgan fingerprint density at radius 2 is 1.70 bits per heavy atom. The van der Waals surface area contributed by atoms with Gasteiger partial charge in [-0.15, -0.1) is 22.7 Å². The smallest absolute Gasteiger partial charge is 0.203 e. The largest absolute Gasteiger partial charge is 0.383 e. The maximum absolute atomic E-state index is 12.5. The topological polar surface area (TPSA) is 37.3 Å². The third kappa shape index (κ3) is 2.45. The van der Waals surface area contributed by atoms with Crippen LogP contribution >= 0.6 is 22.7 Å². The molecule has 1 atom stereocenters. The molecule has 0 bridgehead atoms. The summed E-state index contributed by atoms with van der Waals surface area (Å²) in [6, 6.07) is 14.7. The van der Waals surface area contributed by atoms with Crippen LogP contribution in [0.1, 0.15) is 31.8 Å². The number of thiophene rings is 2. The van der Waals surface area contributed by atoms with Gasteiger partial charge in [-0.1, -0.05) is 36.4 Å². The molecule has 0 saturated carbocycles. The van der Waals surface area contributed by atoms with Crippen molar-refractivity contribution in [2.24, 2.45) is 0 Å². The normalized spacial score (nSPS) is 12.2. The first-order chi connectivity index (χ1) is 9.77. The van der Waals surface area contributed by atoms with Crippen LogP contribution in [0.3, 0.4) is 0 Å². The first kappa shape index (κ1) is 13.2. The summed E-state index contributed by atoms with van der Waals surface area (Å²) in [4.78, 5) is 14.0. The van der Waals surface area contributed by atoms with Gasteiger partial charge in [0.1, 0.15) is 6.10 Å². The Hall–Kier alpha value is -1.75. The Morgan fingerprint density at radius 1 is 0.950 bits per heavy atom. The molecule has 0 aliphatic heterocycles. The Morgan fingerprint density at radius 3 is 2.40 bits per heavy atom. The van der Waals surface area contributed by atoms with Gasteiger partial charge in [-0.2, -0.15) is 0 Å². The van der Waals surface area contributed by atoms with E-state index in [1.807, 2.05) is 47.2 Å². The molecule has 0 aliphatic rings. The molecule has 3 aromatic rings. The standard InChI is InChI=1S/C16H12O2S2/c17-15(13-7-3-9-19-13)11-5-1-2-6-12(11)16(18)14-8-4-10-20-14/h1-10,15,17H. The molecule has 1 N–H and O–H groups in total. The zero-order valence-corrected chi connectivity index (χ0v) is 12.2. The zero-order chi connectivity index (χ0) is 13.9. The van der Waals surface area contributed by atoms with E-state index in [1.54, 1.807) is 12.1 Å². The SMILES string of the molecule is O=C(c1cccs1)c1ccccc1C(O)c1cccs1. The third-order valence-electron chi connectivity index (χ3n) is 3.06. The van der Waals surface area contributed by atoms with E-state index in [9.17, 15) is 9.90 Å². The highest BCUT2D eigenvalue weighted by molar-refractivity contribution is 7.12. The van der Waals surface area contributed by atoms with E-state index in [4.69, 9.17) is 0 Å². The van der Waals surface area contributed by atoms with Crippen molar-refractivity contribution in [1.82, 2.24) is 0 Å². The predicted octanol–water partition coefficient (Wildman–Crippen LogP) is 4.12. The Kier molecular flexibility index (Phi) is 3.78. The van der Waals surface area contributed by atoms with Gasteiger partial charge < -0.3 is 5.11 Å². The first-order valence-electron chi connectivity index (χ1n) is 6.16. The lowest BCUT2D eigenvalue weighted by atomic mass is 9.97. The third-order valence-corrected chi connectivity index (χ3v) is 4.85. The monoisotopic (exact) mass is 300 g/mol. The van der Waals surface area contributed by atoms with Gasteiger partial charge in [-0.25, -0.2) is 0 Å². The molecular formula is C16H12O2S2. The average molecular weight is 300 g/mol. The molecule has 2 heterocycles. The van der Waals surface area contributed by atoms with E-state index in [2.05, 4.69) is 0 Å². The maximum Gasteiger partial charge on any atom is 0.203 e. The quantitative estimate of drug-likeness (QED) is 0.736. The van der Waals surface area contributed by atoms with Crippen LogP contribution in [-0.2, 0) is 0 Å². The van der Waals surface area contributed by atoms with Gasteiger partial charge >= 0.3 is 0 Å². The molecule has 1 aromatic carbocycles. The second-order valence-electron chi connectivity index (χ2n) is 4.31. The molecule has 0 fully saturated rings. The number of aliphatic hydroxyl groups excluding tert-OH is 1. The first-order valence-corrected chi connectivity index (χ1v) is 7.92. The fraction of sp³-hybridized carbons (Fsp3) is 0.0625. The van der Waals surface area contributed by atoms with Crippen LogP contribution in [0.25, 0.3) is 0 Å². The van der Waals surface area contributed by atoms with E-state index >= 15 is 0 Å². The van der Waals surface area contributed by atoms with E-state index in [0.29, 0.717) is 16.0 Å².